The van der Waals surface area contributed by atoms with E-state index in [1.165, 1.54) is 0 Å². The summed E-state index contributed by atoms with van der Waals surface area (Å²) in [7, 11) is 0. The van der Waals surface area contributed by atoms with Gasteiger partial charge in [0.25, 0.3) is 0 Å². The smallest absolute Gasteiger partial charge is 0.321 e. The van der Waals surface area contributed by atoms with Crippen molar-refractivity contribution in [2.45, 2.75) is 24.4 Å². The fraction of sp³-hybridized carbons (Fsp3) is 0.500. The molecule has 1 aliphatic heterocycles. The quantitative estimate of drug-likeness (QED) is 0.557. The summed E-state index contributed by atoms with van der Waals surface area (Å²) in [5.41, 5.74) is 12.5. The number of amidine groups is 1. The van der Waals surface area contributed by atoms with Crippen molar-refractivity contribution in [1.82, 2.24) is 5.32 Å². The fourth-order valence-electron chi connectivity index (χ4n) is 2.56. The maximum atomic E-state index is 10.8. The van der Waals surface area contributed by atoms with Crippen molar-refractivity contribution in [2.24, 2.45) is 16.5 Å². The SMILES string of the molecule is NC1=NC(C(CNCC(N)C(=O)O)c2ccccc2)COCC1. The Kier molecular flexibility index (Phi) is 6.52. The van der Waals surface area contributed by atoms with Crippen LogP contribution in [-0.4, -0.2) is 55.3 Å². The van der Waals surface area contributed by atoms with E-state index in [1.807, 2.05) is 30.3 Å². The minimum absolute atomic E-state index is 0.0360. The molecular formula is C16H24N4O3. The van der Waals surface area contributed by atoms with Crippen molar-refractivity contribution in [3.8, 4) is 0 Å². The molecule has 0 aliphatic carbocycles. The third-order valence-electron chi connectivity index (χ3n) is 3.86. The van der Waals surface area contributed by atoms with E-state index in [9.17, 15) is 4.79 Å². The van der Waals surface area contributed by atoms with Gasteiger partial charge in [0.1, 0.15) is 6.04 Å². The van der Waals surface area contributed by atoms with Crippen molar-refractivity contribution in [3.63, 3.8) is 0 Å². The van der Waals surface area contributed by atoms with E-state index >= 15 is 0 Å². The second kappa shape index (κ2) is 8.61. The van der Waals surface area contributed by atoms with Gasteiger partial charge in [-0.2, -0.15) is 0 Å². The molecule has 0 radical (unpaired) electrons. The standard InChI is InChI=1S/C16H24N4O3/c17-13(16(21)22)9-19-8-12(11-4-2-1-3-5-11)14-10-23-7-6-15(18)20-14/h1-5,12-14,19H,6-10,17H2,(H2,18,20)(H,21,22). The molecule has 2 rings (SSSR count). The van der Waals surface area contributed by atoms with Crippen LogP contribution < -0.4 is 16.8 Å². The topological polar surface area (TPSA) is 123 Å². The highest BCUT2D eigenvalue weighted by Gasteiger charge is 2.25. The Bertz CT molecular complexity index is 535. The molecule has 1 aliphatic rings. The lowest BCUT2D eigenvalue weighted by molar-refractivity contribution is -0.138. The summed E-state index contributed by atoms with van der Waals surface area (Å²) < 4.78 is 5.60. The summed E-state index contributed by atoms with van der Waals surface area (Å²) in [6.07, 6.45) is 0.634. The number of rotatable bonds is 7. The van der Waals surface area contributed by atoms with Crippen LogP contribution in [0.1, 0.15) is 17.9 Å². The number of benzene rings is 1. The van der Waals surface area contributed by atoms with Crippen molar-refractivity contribution in [3.05, 3.63) is 35.9 Å². The molecule has 3 unspecified atom stereocenters. The Balaban J connectivity index is 2.09. The number of aliphatic carboxylic acids is 1. The summed E-state index contributed by atoms with van der Waals surface area (Å²) in [4.78, 5) is 15.4. The van der Waals surface area contributed by atoms with E-state index in [0.29, 0.717) is 32.0 Å². The Morgan fingerprint density at radius 1 is 1.39 bits per heavy atom. The molecule has 1 aromatic carbocycles. The average molecular weight is 320 g/mol. The first-order valence-electron chi connectivity index (χ1n) is 7.72. The van der Waals surface area contributed by atoms with Gasteiger partial charge < -0.3 is 26.6 Å². The van der Waals surface area contributed by atoms with E-state index in [2.05, 4.69) is 10.3 Å². The van der Waals surface area contributed by atoms with Crippen molar-refractivity contribution >= 4 is 11.8 Å². The number of nitrogens with zero attached hydrogens (tertiary/aromatic N) is 1. The van der Waals surface area contributed by atoms with Crippen molar-refractivity contribution < 1.29 is 14.6 Å². The van der Waals surface area contributed by atoms with Gasteiger partial charge in [0.05, 0.1) is 25.1 Å². The lowest BCUT2D eigenvalue weighted by atomic mass is 9.92. The van der Waals surface area contributed by atoms with Crippen LogP contribution in [0.25, 0.3) is 0 Å². The second-order valence-corrected chi connectivity index (χ2v) is 5.63. The largest absolute Gasteiger partial charge is 0.480 e. The Morgan fingerprint density at radius 2 is 2.13 bits per heavy atom. The summed E-state index contributed by atoms with van der Waals surface area (Å²) in [5, 5.41) is 12.0. The molecule has 0 aromatic heterocycles. The van der Waals surface area contributed by atoms with E-state index in [0.717, 1.165) is 5.56 Å². The monoisotopic (exact) mass is 320 g/mol. The highest BCUT2D eigenvalue weighted by atomic mass is 16.5. The Morgan fingerprint density at radius 3 is 2.83 bits per heavy atom. The number of carbonyl (C=O) groups is 1. The van der Waals surface area contributed by atoms with Crippen LogP contribution >= 0.6 is 0 Å². The number of ether oxygens (including phenoxy) is 1. The molecule has 6 N–H and O–H groups in total. The molecule has 7 heteroatoms. The summed E-state index contributed by atoms with van der Waals surface area (Å²) in [5.74, 6) is -0.390. The highest BCUT2D eigenvalue weighted by molar-refractivity contribution is 5.80. The molecule has 0 amide bonds. The average Bonchev–Trinajstić information content (AvgIpc) is 2.76. The number of hydrogen-bond acceptors (Lipinski definition) is 6. The molecule has 1 aromatic rings. The van der Waals surface area contributed by atoms with Crippen molar-refractivity contribution in [2.75, 3.05) is 26.3 Å². The van der Waals surface area contributed by atoms with Gasteiger partial charge in [-0.15, -0.1) is 0 Å². The molecule has 0 bridgehead atoms. The number of carboxylic acid groups (broad SMARTS) is 1. The molecule has 0 saturated heterocycles. The lowest BCUT2D eigenvalue weighted by Gasteiger charge is -2.25. The van der Waals surface area contributed by atoms with E-state index < -0.39 is 12.0 Å². The van der Waals surface area contributed by atoms with Gasteiger partial charge in [-0.05, 0) is 5.56 Å². The first-order valence-corrected chi connectivity index (χ1v) is 7.72. The predicted octanol–water partition coefficient (Wildman–Crippen LogP) is -0.0822. The zero-order chi connectivity index (χ0) is 16.7. The minimum atomic E-state index is -1.02. The molecule has 126 valence electrons. The minimum Gasteiger partial charge on any atom is -0.480 e. The predicted molar refractivity (Wildman–Crippen MR) is 88.5 cm³/mol. The third-order valence-corrected chi connectivity index (χ3v) is 3.86. The number of nitrogens with two attached hydrogens (primary N) is 2. The number of nitrogens with one attached hydrogen (secondary N) is 1. The maximum Gasteiger partial charge on any atom is 0.321 e. The van der Waals surface area contributed by atoms with Crippen LogP contribution in [0.15, 0.2) is 35.3 Å². The van der Waals surface area contributed by atoms with Gasteiger partial charge in [-0.3, -0.25) is 9.79 Å². The van der Waals surface area contributed by atoms with Crippen LogP contribution in [-0.2, 0) is 9.53 Å². The highest BCUT2D eigenvalue weighted by Crippen LogP contribution is 2.23. The second-order valence-electron chi connectivity index (χ2n) is 5.63. The zero-order valence-corrected chi connectivity index (χ0v) is 13.0. The fourth-order valence-corrected chi connectivity index (χ4v) is 2.56. The van der Waals surface area contributed by atoms with Gasteiger partial charge in [-0.1, -0.05) is 30.3 Å². The first kappa shape index (κ1) is 17.4. The van der Waals surface area contributed by atoms with Gasteiger partial charge in [0.15, 0.2) is 0 Å². The summed E-state index contributed by atoms with van der Waals surface area (Å²) >= 11 is 0. The van der Waals surface area contributed by atoms with Gasteiger partial charge in [0, 0.05) is 25.4 Å². The zero-order valence-electron chi connectivity index (χ0n) is 13.0. The summed E-state index contributed by atoms with van der Waals surface area (Å²) in [6.45, 7) is 1.82. The molecule has 7 nitrogen and oxygen atoms in total. The molecule has 3 atom stereocenters. The molecule has 0 spiro atoms. The Hall–Kier alpha value is -1.96. The van der Waals surface area contributed by atoms with Crippen LogP contribution in [0.5, 0.6) is 0 Å². The molecule has 0 fully saturated rings. The van der Waals surface area contributed by atoms with Crippen molar-refractivity contribution in [1.29, 1.82) is 0 Å². The number of aliphatic imine (C=N–C) groups is 1. The van der Waals surface area contributed by atoms with Gasteiger partial charge in [-0.25, -0.2) is 0 Å². The normalized spacial score (nSPS) is 21.1. The number of carboxylic acids is 1. The molecular weight excluding hydrogens is 296 g/mol. The molecule has 23 heavy (non-hydrogen) atoms. The Labute approximate surface area is 135 Å². The number of hydrogen-bond donors (Lipinski definition) is 4. The molecule has 1 heterocycles. The lowest BCUT2D eigenvalue weighted by Crippen LogP contribution is -2.42. The molecule has 0 saturated carbocycles. The van der Waals surface area contributed by atoms with E-state index in [4.69, 9.17) is 21.3 Å². The van der Waals surface area contributed by atoms with Crippen LogP contribution in [0.3, 0.4) is 0 Å². The summed E-state index contributed by atoms with van der Waals surface area (Å²) in [6, 6.07) is 8.92. The maximum absolute atomic E-state index is 10.8. The first-order chi connectivity index (χ1) is 11.1. The van der Waals surface area contributed by atoms with Gasteiger partial charge in [0.2, 0.25) is 0 Å². The van der Waals surface area contributed by atoms with E-state index in [-0.39, 0.29) is 18.5 Å². The van der Waals surface area contributed by atoms with Gasteiger partial charge >= 0.3 is 5.97 Å². The van der Waals surface area contributed by atoms with Crippen LogP contribution in [0.2, 0.25) is 0 Å². The van der Waals surface area contributed by atoms with Crippen LogP contribution in [0, 0.1) is 0 Å². The van der Waals surface area contributed by atoms with E-state index in [1.54, 1.807) is 0 Å². The third kappa shape index (κ3) is 5.31. The van der Waals surface area contributed by atoms with Crippen LogP contribution in [0.4, 0.5) is 0 Å².